The molecule has 3 amide bonds. The third-order valence-electron chi connectivity index (χ3n) is 3.38. The zero-order valence-corrected chi connectivity index (χ0v) is 14.0. The summed E-state index contributed by atoms with van der Waals surface area (Å²) in [5.41, 5.74) is 1.79. The van der Waals surface area contributed by atoms with Crippen LogP contribution < -0.4 is 20.7 Å². The number of hydrogen-bond acceptors (Lipinski definition) is 3. The molecule has 1 aromatic carbocycles. The Kier molecular flexibility index (Phi) is 5.47. The maximum absolute atomic E-state index is 11.7. The van der Waals surface area contributed by atoms with E-state index >= 15 is 0 Å². The van der Waals surface area contributed by atoms with Gasteiger partial charge in [-0.1, -0.05) is 26.8 Å². The van der Waals surface area contributed by atoms with Gasteiger partial charge in [-0.05, 0) is 29.5 Å². The van der Waals surface area contributed by atoms with Crippen LogP contribution in [-0.2, 0) is 11.2 Å². The lowest BCUT2D eigenvalue weighted by Crippen LogP contribution is -2.40. The number of amides is 3. The molecule has 0 aromatic heterocycles. The second kappa shape index (κ2) is 7.35. The summed E-state index contributed by atoms with van der Waals surface area (Å²) in [6, 6.07) is 5.54. The number of fused-ring (bicyclic) bond motifs is 1. The van der Waals surface area contributed by atoms with Crippen molar-refractivity contribution in [3.8, 4) is 5.75 Å². The van der Waals surface area contributed by atoms with E-state index in [0.29, 0.717) is 44.0 Å². The fraction of sp³-hybridized carbons (Fsp3) is 0.529. The monoisotopic (exact) mass is 319 g/mol. The minimum Gasteiger partial charge on any atom is -0.491 e. The van der Waals surface area contributed by atoms with E-state index in [1.807, 2.05) is 18.2 Å². The van der Waals surface area contributed by atoms with Crippen LogP contribution in [0.3, 0.4) is 0 Å². The molecule has 2 rings (SSSR count). The van der Waals surface area contributed by atoms with Crippen LogP contribution in [0.5, 0.6) is 5.75 Å². The smallest absolute Gasteiger partial charge is 0.314 e. The van der Waals surface area contributed by atoms with Crippen molar-refractivity contribution >= 4 is 17.6 Å². The van der Waals surface area contributed by atoms with Crippen molar-refractivity contribution in [1.82, 2.24) is 10.6 Å². The summed E-state index contributed by atoms with van der Waals surface area (Å²) in [5, 5.41) is 8.52. The summed E-state index contributed by atoms with van der Waals surface area (Å²) >= 11 is 0. The van der Waals surface area contributed by atoms with Gasteiger partial charge in [-0.2, -0.15) is 0 Å². The molecule has 126 valence electrons. The lowest BCUT2D eigenvalue weighted by Gasteiger charge is -2.19. The number of benzene rings is 1. The minimum atomic E-state index is -0.161. The summed E-state index contributed by atoms with van der Waals surface area (Å²) in [6.07, 6.45) is 1.05. The SMILES string of the molecule is CC(C)(C)CNC(=O)NCCc1ccc2c(c1)NC(=O)CCO2. The van der Waals surface area contributed by atoms with Crippen LogP contribution in [0.15, 0.2) is 18.2 Å². The zero-order chi connectivity index (χ0) is 16.9. The van der Waals surface area contributed by atoms with Gasteiger partial charge in [0.1, 0.15) is 5.75 Å². The van der Waals surface area contributed by atoms with Crippen LogP contribution >= 0.6 is 0 Å². The molecule has 1 aromatic rings. The Morgan fingerprint density at radius 2 is 2.09 bits per heavy atom. The molecule has 1 heterocycles. The average molecular weight is 319 g/mol. The number of anilines is 1. The Hall–Kier alpha value is -2.24. The Balaban J connectivity index is 1.82. The third kappa shape index (κ3) is 5.81. The third-order valence-corrected chi connectivity index (χ3v) is 3.38. The van der Waals surface area contributed by atoms with Gasteiger partial charge in [-0.25, -0.2) is 4.79 Å². The molecule has 3 N–H and O–H groups in total. The molecule has 23 heavy (non-hydrogen) atoms. The first-order valence-corrected chi connectivity index (χ1v) is 7.91. The number of nitrogens with one attached hydrogen (secondary N) is 3. The highest BCUT2D eigenvalue weighted by atomic mass is 16.5. The summed E-state index contributed by atoms with van der Waals surface area (Å²) in [4.78, 5) is 23.3. The number of carbonyl (C=O) groups excluding carboxylic acids is 2. The van der Waals surface area contributed by atoms with E-state index in [0.717, 1.165) is 5.56 Å². The van der Waals surface area contributed by atoms with Crippen molar-refractivity contribution in [2.75, 3.05) is 25.0 Å². The molecule has 0 unspecified atom stereocenters. The minimum absolute atomic E-state index is 0.0411. The highest BCUT2D eigenvalue weighted by Gasteiger charge is 2.14. The molecule has 0 aliphatic carbocycles. The van der Waals surface area contributed by atoms with Gasteiger partial charge in [0.2, 0.25) is 5.91 Å². The van der Waals surface area contributed by atoms with Crippen molar-refractivity contribution in [2.45, 2.75) is 33.6 Å². The molecule has 0 saturated carbocycles. The van der Waals surface area contributed by atoms with Crippen LogP contribution in [-0.4, -0.2) is 31.6 Å². The maximum atomic E-state index is 11.7. The highest BCUT2D eigenvalue weighted by molar-refractivity contribution is 5.93. The van der Waals surface area contributed by atoms with Crippen LogP contribution in [0.4, 0.5) is 10.5 Å². The number of urea groups is 1. The lowest BCUT2D eigenvalue weighted by atomic mass is 9.97. The first-order chi connectivity index (χ1) is 10.8. The zero-order valence-electron chi connectivity index (χ0n) is 14.0. The summed E-state index contributed by atoms with van der Waals surface area (Å²) in [6.45, 7) is 7.76. The lowest BCUT2D eigenvalue weighted by molar-refractivity contribution is -0.116. The Morgan fingerprint density at radius 3 is 2.83 bits per heavy atom. The Bertz CT molecular complexity index is 579. The second-order valence-electron chi connectivity index (χ2n) is 6.90. The molecular formula is C17H25N3O3. The first kappa shape index (κ1) is 17.1. The second-order valence-corrected chi connectivity index (χ2v) is 6.90. The van der Waals surface area contributed by atoms with Crippen LogP contribution in [0.1, 0.15) is 32.8 Å². The number of rotatable bonds is 4. The molecule has 0 fully saturated rings. The van der Waals surface area contributed by atoms with Crippen molar-refractivity contribution in [3.63, 3.8) is 0 Å². The van der Waals surface area contributed by atoms with E-state index < -0.39 is 0 Å². The molecule has 0 atom stereocenters. The quantitative estimate of drug-likeness (QED) is 0.796. The normalized spacial score (nSPS) is 14.1. The molecule has 0 saturated heterocycles. The predicted octanol–water partition coefficient (Wildman–Crippen LogP) is 2.30. The molecular weight excluding hydrogens is 294 g/mol. The van der Waals surface area contributed by atoms with Gasteiger partial charge in [0, 0.05) is 13.1 Å². The summed E-state index contributed by atoms with van der Waals surface area (Å²) in [5.74, 6) is 0.649. The topological polar surface area (TPSA) is 79.5 Å². The average Bonchev–Trinajstić information content (AvgIpc) is 2.64. The Morgan fingerprint density at radius 1 is 1.30 bits per heavy atom. The van der Waals surface area contributed by atoms with Crippen LogP contribution in [0.2, 0.25) is 0 Å². The molecule has 0 bridgehead atoms. The predicted molar refractivity (Wildman–Crippen MR) is 89.7 cm³/mol. The van der Waals surface area contributed by atoms with Crippen molar-refractivity contribution in [2.24, 2.45) is 5.41 Å². The standard InChI is InChI=1S/C17H25N3O3/c1-17(2,3)11-19-16(22)18-8-6-12-4-5-14-13(10-12)20-15(21)7-9-23-14/h4-5,10H,6-9,11H2,1-3H3,(H,20,21)(H2,18,19,22). The fourth-order valence-corrected chi connectivity index (χ4v) is 2.15. The molecule has 1 aliphatic rings. The van der Waals surface area contributed by atoms with E-state index in [9.17, 15) is 9.59 Å². The molecule has 6 heteroatoms. The number of hydrogen-bond donors (Lipinski definition) is 3. The Labute approximate surface area is 137 Å². The van der Waals surface area contributed by atoms with E-state index in [1.54, 1.807) is 0 Å². The van der Waals surface area contributed by atoms with Crippen LogP contribution in [0, 0.1) is 5.41 Å². The van der Waals surface area contributed by atoms with Gasteiger partial charge >= 0.3 is 6.03 Å². The summed E-state index contributed by atoms with van der Waals surface area (Å²) in [7, 11) is 0. The van der Waals surface area contributed by atoms with Gasteiger partial charge in [0.05, 0.1) is 18.7 Å². The molecule has 0 radical (unpaired) electrons. The van der Waals surface area contributed by atoms with Gasteiger partial charge in [-0.3, -0.25) is 4.79 Å². The van der Waals surface area contributed by atoms with E-state index in [4.69, 9.17) is 4.74 Å². The van der Waals surface area contributed by atoms with Gasteiger partial charge in [-0.15, -0.1) is 0 Å². The highest BCUT2D eigenvalue weighted by Crippen LogP contribution is 2.28. The number of carbonyl (C=O) groups is 2. The fourth-order valence-electron chi connectivity index (χ4n) is 2.15. The summed E-state index contributed by atoms with van der Waals surface area (Å²) < 4.78 is 5.52. The van der Waals surface area contributed by atoms with Crippen molar-refractivity contribution in [3.05, 3.63) is 23.8 Å². The molecule has 6 nitrogen and oxygen atoms in total. The first-order valence-electron chi connectivity index (χ1n) is 7.91. The van der Waals surface area contributed by atoms with Gasteiger partial charge < -0.3 is 20.7 Å². The largest absolute Gasteiger partial charge is 0.491 e. The van der Waals surface area contributed by atoms with E-state index in [1.165, 1.54) is 0 Å². The number of ether oxygens (including phenoxy) is 1. The van der Waals surface area contributed by atoms with Crippen molar-refractivity contribution in [1.29, 1.82) is 0 Å². The van der Waals surface area contributed by atoms with Gasteiger partial charge in [0.25, 0.3) is 0 Å². The molecule has 0 spiro atoms. The van der Waals surface area contributed by atoms with Gasteiger partial charge in [0.15, 0.2) is 0 Å². The van der Waals surface area contributed by atoms with Crippen LogP contribution in [0.25, 0.3) is 0 Å². The van der Waals surface area contributed by atoms with Crippen molar-refractivity contribution < 1.29 is 14.3 Å². The van der Waals surface area contributed by atoms with E-state index in [2.05, 4.69) is 36.7 Å². The molecule has 1 aliphatic heterocycles. The maximum Gasteiger partial charge on any atom is 0.314 e. The van der Waals surface area contributed by atoms with E-state index in [-0.39, 0.29) is 17.4 Å².